The third-order valence-electron chi connectivity index (χ3n) is 3.50. The second kappa shape index (κ2) is 6.72. The third-order valence-corrected chi connectivity index (χ3v) is 4.61. The molecule has 2 heterocycles. The molecule has 0 radical (unpaired) electrons. The van der Waals surface area contributed by atoms with Gasteiger partial charge in [-0.05, 0) is 19.1 Å². The quantitative estimate of drug-likeness (QED) is 0.676. The molecule has 0 aliphatic heterocycles. The lowest BCUT2D eigenvalue weighted by Crippen LogP contribution is -2.03. The van der Waals surface area contributed by atoms with Gasteiger partial charge in [0.05, 0.1) is 5.56 Å². The highest BCUT2D eigenvalue weighted by Crippen LogP contribution is 2.36. The predicted molar refractivity (Wildman–Crippen MR) is 91.2 cm³/mol. The number of H-pyrrole nitrogens is 1. The van der Waals surface area contributed by atoms with Crippen LogP contribution in [-0.4, -0.2) is 20.4 Å². The summed E-state index contributed by atoms with van der Waals surface area (Å²) >= 11 is 1.33. The van der Waals surface area contributed by atoms with Gasteiger partial charge in [0.25, 0.3) is 0 Å². The van der Waals surface area contributed by atoms with Crippen LogP contribution in [0.3, 0.4) is 0 Å². The molecule has 0 aliphatic carbocycles. The van der Waals surface area contributed by atoms with Crippen molar-refractivity contribution >= 4 is 11.3 Å². The molecule has 0 unspecified atom stereocenters. The Morgan fingerprint density at radius 3 is 2.54 bits per heavy atom. The topological polar surface area (TPSA) is 78.2 Å². The Hall–Kier alpha value is -2.99. The summed E-state index contributed by atoms with van der Waals surface area (Å²) in [7, 11) is 0. The van der Waals surface area contributed by atoms with Crippen LogP contribution in [0.5, 0.6) is 0 Å². The van der Waals surface area contributed by atoms with Crippen LogP contribution in [-0.2, 0) is 12.6 Å². The van der Waals surface area contributed by atoms with Crippen LogP contribution in [0.1, 0.15) is 23.1 Å². The van der Waals surface area contributed by atoms with Crippen molar-refractivity contribution in [3.05, 3.63) is 52.6 Å². The zero-order valence-corrected chi connectivity index (χ0v) is 14.4. The number of aromatic amines is 1. The fraction of sp³-hybridized carbons (Fsp3) is 0.176. The summed E-state index contributed by atoms with van der Waals surface area (Å²) in [5, 5.41) is 19.7. The first kappa shape index (κ1) is 17.8. The normalized spacial score (nSPS) is 11.3. The smallest absolute Gasteiger partial charge is 0.247 e. The summed E-state index contributed by atoms with van der Waals surface area (Å²) < 4.78 is 38.2. The lowest BCUT2D eigenvalue weighted by atomic mass is 10.1. The van der Waals surface area contributed by atoms with E-state index >= 15 is 0 Å². The van der Waals surface area contributed by atoms with Gasteiger partial charge in [0.15, 0.2) is 5.69 Å². The molecule has 0 amide bonds. The van der Waals surface area contributed by atoms with Crippen LogP contribution in [0.4, 0.5) is 13.2 Å². The van der Waals surface area contributed by atoms with Crippen molar-refractivity contribution in [1.29, 1.82) is 5.26 Å². The van der Waals surface area contributed by atoms with Crippen LogP contribution in [0.2, 0.25) is 0 Å². The fourth-order valence-electron chi connectivity index (χ4n) is 2.33. The number of allylic oxidation sites excluding steroid dienone is 1. The Bertz CT molecular complexity index is 993. The highest BCUT2D eigenvalue weighted by atomic mass is 32.1. The number of halogens is 3. The van der Waals surface area contributed by atoms with E-state index in [4.69, 9.17) is 5.26 Å². The summed E-state index contributed by atoms with van der Waals surface area (Å²) in [4.78, 5) is 5.32. The maximum atomic E-state index is 12.7. The predicted octanol–water partition coefficient (Wildman–Crippen LogP) is 4.60. The van der Waals surface area contributed by atoms with Crippen LogP contribution in [0, 0.1) is 11.3 Å². The molecule has 0 saturated carbocycles. The maximum absolute atomic E-state index is 12.7. The van der Waals surface area contributed by atoms with Gasteiger partial charge in [0.1, 0.15) is 22.5 Å². The molecule has 5 nitrogen and oxygen atoms in total. The van der Waals surface area contributed by atoms with Gasteiger partial charge in [0.2, 0.25) is 0 Å². The average molecular weight is 375 g/mol. The Labute approximate surface area is 150 Å². The molecule has 1 aromatic carbocycles. The van der Waals surface area contributed by atoms with Gasteiger partial charge in [-0.1, -0.05) is 29.5 Å². The molecule has 0 fully saturated rings. The van der Waals surface area contributed by atoms with E-state index in [0.717, 1.165) is 22.6 Å². The molecule has 3 rings (SSSR count). The first-order valence-electron chi connectivity index (χ1n) is 7.43. The number of alkyl halides is 3. The summed E-state index contributed by atoms with van der Waals surface area (Å²) in [6.45, 7) is 5.74. The van der Waals surface area contributed by atoms with Crippen molar-refractivity contribution in [3.8, 4) is 28.0 Å². The van der Waals surface area contributed by atoms with Gasteiger partial charge in [0, 0.05) is 16.9 Å². The zero-order chi connectivity index (χ0) is 18.9. The summed E-state index contributed by atoms with van der Waals surface area (Å²) in [5.41, 5.74) is 1.70. The molecule has 3 aromatic rings. The molecule has 0 saturated heterocycles. The number of nitrogens with one attached hydrogen (secondary N) is 1. The summed E-state index contributed by atoms with van der Waals surface area (Å²) in [6, 6.07) is 6.76. The minimum absolute atomic E-state index is 0.178. The number of benzene rings is 1. The lowest BCUT2D eigenvalue weighted by molar-refractivity contribution is -0.137. The molecule has 2 aromatic heterocycles. The van der Waals surface area contributed by atoms with Gasteiger partial charge in [-0.15, -0.1) is 16.4 Å². The van der Waals surface area contributed by atoms with Gasteiger partial charge >= 0.3 is 6.18 Å². The minimum Gasteiger partial charge on any atom is -0.247 e. The Morgan fingerprint density at radius 2 is 1.96 bits per heavy atom. The van der Waals surface area contributed by atoms with Crippen molar-refractivity contribution in [3.63, 3.8) is 0 Å². The van der Waals surface area contributed by atoms with E-state index in [0.29, 0.717) is 28.4 Å². The van der Waals surface area contributed by atoms with Gasteiger partial charge in [-0.2, -0.15) is 18.4 Å². The maximum Gasteiger partial charge on any atom is 0.416 e. The fourth-order valence-corrected chi connectivity index (χ4v) is 3.51. The second-order valence-electron chi connectivity index (χ2n) is 5.65. The van der Waals surface area contributed by atoms with Crippen LogP contribution >= 0.6 is 11.3 Å². The second-order valence-corrected chi connectivity index (χ2v) is 6.73. The Balaban J connectivity index is 2.07. The van der Waals surface area contributed by atoms with Gasteiger partial charge in [-0.3, -0.25) is 0 Å². The molecule has 9 heteroatoms. The first-order valence-corrected chi connectivity index (χ1v) is 8.24. The molecular formula is C17H12F3N5S. The first-order chi connectivity index (χ1) is 12.3. The van der Waals surface area contributed by atoms with E-state index in [1.165, 1.54) is 23.5 Å². The van der Waals surface area contributed by atoms with Crippen LogP contribution in [0.15, 0.2) is 36.4 Å². The van der Waals surface area contributed by atoms with Crippen molar-refractivity contribution in [2.45, 2.75) is 19.5 Å². The largest absolute Gasteiger partial charge is 0.416 e. The van der Waals surface area contributed by atoms with Gasteiger partial charge in [-0.25, -0.2) is 10.1 Å². The molecule has 132 valence electrons. The highest BCUT2D eigenvalue weighted by Gasteiger charge is 2.30. The molecule has 0 atom stereocenters. The Kier molecular flexibility index (Phi) is 4.61. The SMILES string of the molecule is C=C(C)Cc1sc(-c2ccc(C(F)(F)F)cc2)nc1-c1nn[nH]c1C#N. The Morgan fingerprint density at radius 1 is 1.27 bits per heavy atom. The summed E-state index contributed by atoms with van der Waals surface area (Å²) in [5.74, 6) is 0. The standard InChI is InChI=1S/C17H12F3N5S/c1-9(2)7-13-15(14-12(8-21)23-25-24-14)22-16(26-13)10-3-5-11(6-4-10)17(18,19)20/h3-6H,1,7H2,2H3,(H,23,24,25). The van der Waals surface area contributed by atoms with E-state index < -0.39 is 11.7 Å². The number of aromatic nitrogens is 4. The number of hydrogen-bond donors (Lipinski definition) is 1. The van der Waals surface area contributed by atoms with E-state index in [1.54, 1.807) is 0 Å². The molecule has 26 heavy (non-hydrogen) atoms. The zero-order valence-electron chi connectivity index (χ0n) is 13.6. The van der Waals surface area contributed by atoms with E-state index in [9.17, 15) is 13.2 Å². The lowest BCUT2D eigenvalue weighted by Gasteiger charge is -2.06. The van der Waals surface area contributed by atoms with Crippen LogP contribution in [0.25, 0.3) is 22.0 Å². The van der Waals surface area contributed by atoms with Crippen molar-refractivity contribution in [2.24, 2.45) is 0 Å². The average Bonchev–Trinajstić information content (AvgIpc) is 3.19. The monoisotopic (exact) mass is 375 g/mol. The summed E-state index contributed by atoms with van der Waals surface area (Å²) in [6.07, 6.45) is -3.87. The van der Waals surface area contributed by atoms with E-state index in [2.05, 4.69) is 27.0 Å². The van der Waals surface area contributed by atoms with Crippen LogP contribution < -0.4 is 0 Å². The number of nitrogens with zero attached hydrogens (tertiary/aromatic N) is 4. The number of thiazole rings is 1. The van der Waals surface area contributed by atoms with Crippen molar-refractivity contribution in [1.82, 2.24) is 20.4 Å². The molecule has 0 bridgehead atoms. The van der Waals surface area contributed by atoms with Crippen molar-refractivity contribution in [2.75, 3.05) is 0 Å². The molecule has 1 N–H and O–H groups in total. The van der Waals surface area contributed by atoms with Crippen molar-refractivity contribution < 1.29 is 13.2 Å². The van der Waals surface area contributed by atoms with E-state index in [-0.39, 0.29) is 5.69 Å². The number of rotatable bonds is 4. The number of nitriles is 1. The molecule has 0 spiro atoms. The number of hydrogen-bond acceptors (Lipinski definition) is 5. The highest BCUT2D eigenvalue weighted by molar-refractivity contribution is 7.15. The molecule has 0 aliphatic rings. The molecular weight excluding hydrogens is 363 g/mol. The van der Waals surface area contributed by atoms with E-state index in [1.807, 2.05) is 13.0 Å². The third kappa shape index (κ3) is 3.50. The minimum atomic E-state index is -4.39. The van der Waals surface area contributed by atoms with Gasteiger partial charge < -0.3 is 0 Å².